The van der Waals surface area contributed by atoms with Crippen LogP contribution < -0.4 is 4.90 Å². The van der Waals surface area contributed by atoms with Gasteiger partial charge in [0.2, 0.25) is 0 Å². The number of carbonyl (C=O) groups excluding carboxylic acids is 2. The summed E-state index contributed by atoms with van der Waals surface area (Å²) in [6.45, 7) is 8.23. The number of carbonyl (C=O) groups is 2. The number of likely N-dealkylation sites (tertiary alicyclic amines) is 1. The zero-order chi connectivity index (χ0) is 31.6. The molecule has 0 aliphatic carbocycles. The van der Waals surface area contributed by atoms with Crippen LogP contribution in [0.25, 0.3) is 0 Å². The third-order valence-corrected chi connectivity index (χ3v) is 7.83. The average Bonchev–Trinajstić information content (AvgIpc) is 3.01. The molecule has 5 rings (SSSR count). The van der Waals surface area contributed by atoms with Crippen LogP contribution in [0.4, 0.5) is 10.5 Å². The normalized spacial score (nSPS) is 14.5. The van der Waals surface area contributed by atoms with E-state index in [0.29, 0.717) is 38.3 Å². The molecule has 0 radical (unpaired) electrons. The molecule has 1 atom stereocenters. The number of rotatable bonds is 13. The third kappa shape index (κ3) is 9.50. The van der Waals surface area contributed by atoms with Gasteiger partial charge in [0.1, 0.15) is 5.60 Å². The van der Waals surface area contributed by atoms with Crippen LogP contribution in [0.1, 0.15) is 59.8 Å². The third-order valence-electron chi connectivity index (χ3n) is 7.83. The Morgan fingerprint density at radius 1 is 0.867 bits per heavy atom. The summed E-state index contributed by atoms with van der Waals surface area (Å²) in [6.07, 6.45) is 5.78. The van der Waals surface area contributed by atoms with E-state index in [1.807, 2.05) is 80.4 Å². The zero-order valence-electron chi connectivity index (χ0n) is 26.5. The Labute approximate surface area is 266 Å². The summed E-state index contributed by atoms with van der Waals surface area (Å²) in [6, 6.07) is 30.2. The molecule has 1 saturated heterocycles. The van der Waals surface area contributed by atoms with E-state index in [9.17, 15) is 9.59 Å². The van der Waals surface area contributed by atoms with Crippen molar-refractivity contribution in [3.63, 3.8) is 0 Å². The first-order valence-electron chi connectivity index (χ1n) is 15.7. The summed E-state index contributed by atoms with van der Waals surface area (Å²) >= 11 is 0. The van der Waals surface area contributed by atoms with Gasteiger partial charge >= 0.3 is 6.09 Å². The van der Waals surface area contributed by atoms with Gasteiger partial charge in [-0.1, -0.05) is 84.9 Å². The zero-order valence-corrected chi connectivity index (χ0v) is 26.5. The first kappa shape index (κ1) is 31.9. The first-order valence-corrected chi connectivity index (χ1v) is 15.7. The molecule has 45 heavy (non-hydrogen) atoms. The number of hydrogen-bond acceptors (Lipinski definition) is 6. The summed E-state index contributed by atoms with van der Waals surface area (Å²) in [5.41, 5.74) is 5.61. The number of amides is 1. The monoisotopic (exact) mass is 605 g/mol. The fraction of sp³-hybridized carbons (Fsp3) is 0.342. The van der Waals surface area contributed by atoms with E-state index in [2.05, 4.69) is 47.4 Å². The van der Waals surface area contributed by atoms with Crippen LogP contribution in [0.15, 0.2) is 103 Å². The lowest BCUT2D eigenvalue weighted by molar-refractivity contribution is -0.00368. The molecule has 1 aliphatic heterocycles. The second-order valence-electron chi connectivity index (χ2n) is 12.6. The molecule has 0 unspecified atom stereocenters. The number of benzene rings is 3. The summed E-state index contributed by atoms with van der Waals surface area (Å²) < 4.78 is 11.5. The van der Waals surface area contributed by atoms with E-state index in [4.69, 9.17) is 9.47 Å². The fourth-order valence-electron chi connectivity index (χ4n) is 5.42. The highest BCUT2D eigenvalue weighted by molar-refractivity contribution is 5.99. The molecular formula is C38H43N3O4. The minimum absolute atomic E-state index is 0.0197. The van der Waals surface area contributed by atoms with Crippen molar-refractivity contribution < 1.29 is 19.1 Å². The number of ether oxygens (including phenoxy) is 2. The van der Waals surface area contributed by atoms with E-state index in [-0.39, 0.29) is 24.5 Å². The van der Waals surface area contributed by atoms with Crippen LogP contribution in [0, 0.1) is 0 Å². The SMILES string of the molecule is CC(C)(C)OC(=O)N1CC[C@H]1CN(CC(=O)c1ccccc1)c1cncc(Cc2cccc(CCOCc3ccccc3)c2)c1. The predicted molar refractivity (Wildman–Crippen MR) is 178 cm³/mol. The molecule has 0 bridgehead atoms. The molecule has 1 amide bonds. The van der Waals surface area contributed by atoms with Gasteiger partial charge in [0.25, 0.3) is 0 Å². The number of aromatic nitrogens is 1. The Bertz CT molecular complexity index is 1550. The smallest absolute Gasteiger partial charge is 0.410 e. The van der Waals surface area contributed by atoms with Crippen molar-refractivity contribution >= 4 is 17.6 Å². The maximum atomic E-state index is 13.3. The van der Waals surface area contributed by atoms with Gasteiger partial charge in [-0.15, -0.1) is 0 Å². The largest absolute Gasteiger partial charge is 0.444 e. The maximum absolute atomic E-state index is 13.3. The molecule has 1 aromatic heterocycles. The molecule has 234 valence electrons. The molecule has 3 aromatic carbocycles. The lowest BCUT2D eigenvalue weighted by Crippen LogP contribution is -2.57. The number of hydrogen-bond donors (Lipinski definition) is 0. The van der Waals surface area contributed by atoms with Crippen molar-refractivity contribution in [1.82, 2.24) is 9.88 Å². The molecule has 1 aliphatic rings. The van der Waals surface area contributed by atoms with Gasteiger partial charge in [-0.05, 0) is 68.4 Å². The van der Waals surface area contributed by atoms with Crippen LogP contribution in [0.2, 0.25) is 0 Å². The minimum Gasteiger partial charge on any atom is -0.444 e. The lowest BCUT2D eigenvalue weighted by Gasteiger charge is -2.43. The van der Waals surface area contributed by atoms with Crippen molar-refractivity contribution in [2.75, 3.05) is 31.1 Å². The van der Waals surface area contributed by atoms with Crippen LogP contribution >= 0.6 is 0 Å². The van der Waals surface area contributed by atoms with Gasteiger partial charge in [-0.2, -0.15) is 0 Å². The maximum Gasteiger partial charge on any atom is 0.410 e. The summed E-state index contributed by atoms with van der Waals surface area (Å²) in [4.78, 5) is 34.6. The molecule has 4 aromatic rings. The predicted octanol–water partition coefficient (Wildman–Crippen LogP) is 7.13. The Balaban J connectivity index is 1.26. The van der Waals surface area contributed by atoms with Crippen molar-refractivity contribution in [1.29, 1.82) is 0 Å². The van der Waals surface area contributed by atoms with Crippen LogP contribution in [-0.2, 0) is 28.9 Å². The Hall–Kier alpha value is -4.49. The molecule has 1 fully saturated rings. The van der Waals surface area contributed by atoms with E-state index in [0.717, 1.165) is 24.1 Å². The van der Waals surface area contributed by atoms with Crippen LogP contribution in [-0.4, -0.2) is 59.6 Å². The first-order chi connectivity index (χ1) is 21.7. The van der Waals surface area contributed by atoms with Crippen LogP contribution in [0.5, 0.6) is 0 Å². The van der Waals surface area contributed by atoms with Crippen molar-refractivity contribution in [3.05, 3.63) is 131 Å². The molecule has 0 N–H and O–H groups in total. The van der Waals surface area contributed by atoms with Gasteiger partial charge < -0.3 is 19.3 Å². The van der Waals surface area contributed by atoms with Crippen molar-refractivity contribution in [3.8, 4) is 0 Å². The van der Waals surface area contributed by atoms with E-state index in [1.165, 1.54) is 16.7 Å². The molecule has 0 saturated carbocycles. The van der Waals surface area contributed by atoms with Gasteiger partial charge in [-0.25, -0.2) is 4.79 Å². The summed E-state index contributed by atoms with van der Waals surface area (Å²) in [5.74, 6) is 0.0197. The van der Waals surface area contributed by atoms with E-state index < -0.39 is 5.60 Å². The van der Waals surface area contributed by atoms with Crippen molar-refractivity contribution in [2.45, 2.75) is 58.3 Å². The number of ketones is 1. The van der Waals surface area contributed by atoms with E-state index >= 15 is 0 Å². The molecule has 7 nitrogen and oxygen atoms in total. The van der Waals surface area contributed by atoms with Gasteiger partial charge in [0.15, 0.2) is 5.78 Å². The van der Waals surface area contributed by atoms with Crippen molar-refractivity contribution in [2.24, 2.45) is 0 Å². The minimum atomic E-state index is -0.565. The van der Waals surface area contributed by atoms with Gasteiger partial charge in [0, 0.05) is 24.8 Å². The molecule has 2 heterocycles. The number of anilines is 1. The van der Waals surface area contributed by atoms with Gasteiger partial charge in [0.05, 0.1) is 37.7 Å². The highest BCUT2D eigenvalue weighted by atomic mass is 16.6. The number of nitrogens with zero attached hydrogens (tertiary/aromatic N) is 3. The lowest BCUT2D eigenvalue weighted by atomic mass is 10.0. The second kappa shape index (κ2) is 15.0. The average molecular weight is 606 g/mol. The highest BCUT2D eigenvalue weighted by Gasteiger charge is 2.36. The Morgan fingerprint density at radius 3 is 2.29 bits per heavy atom. The summed E-state index contributed by atoms with van der Waals surface area (Å²) in [7, 11) is 0. The Kier molecular flexibility index (Phi) is 10.6. The summed E-state index contributed by atoms with van der Waals surface area (Å²) in [5, 5.41) is 0. The van der Waals surface area contributed by atoms with E-state index in [1.54, 1.807) is 11.1 Å². The molecule has 7 heteroatoms. The topological polar surface area (TPSA) is 72.0 Å². The molecular weight excluding hydrogens is 562 g/mol. The fourth-order valence-corrected chi connectivity index (χ4v) is 5.42. The number of pyridine rings is 1. The quantitative estimate of drug-likeness (QED) is 0.119. The Morgan fingerprint density at radius 2 is 1.58 bits per heavy atom. The number of Topliss-reactive ketones (excluding diaryl/α,β-unsaturated/α-hetero) is 1. The van der Waals surface area contributed by atoms with Gasteiger partial charge in [-0.3, -0.25) is 9.78 Å². The standard InChI is InChI=1S/C38H43N3O4/c1-38(2,3)45-37(43)41-19-17-34(41)26-40(27-36(42)33-15-8-5-9-16-33)35-23-32(24-39-25-35)22-31-14-10-13-29(21-31)18-20-44-28-30-11-6-4-7-12-30/h4-16,21,23-25,34H,17-20,22,26-28H2,1-3H3/t34-/m0/s1. The second-order valence-corrected chi connectivity index (χ2v) is 12.6. The van der Waals surface area contributed by atoms with Crippen LogP contribution in [0.3, 0.4) is 0 Å². The highest BCUT2D eigenvalue weighted by Crippen LogP contribution is 2.26. The molecule has 0 spiro atoms.